The zero-order valence-electron chi connectivity index (χ0n) is 9.99. The van der Waals surface area contributed by atoms with Crippen LogP contribution in [0.25, 0.3) is 0 Å². The number of carbonyl (C=O) groups excluding carboxylic acids is 1. The molecule has 2 atom stereocenters. The Hall–Kier alpha value is -0.280. The highest BCUT2D eigenvalue weighted by Crippen LogP contribution is 2.37. The van der Waals surface area contributed by atoms with Crippen LogP contribution in [-0.4, -0.2) is 11.5 Å². The van der Waals surface area contributed by atoms with Gasteiger partial charge >= 0.3 is 0 Å². The topological polar surface area (TPSA) is 17.1 Å². The van der Waals surface area contributed by atoms with Gasteiger partial charge in [-0.1, -0.05) is 35.7 Å². The molecule has 0 aliphatic heterocycles. The second kappa shape index (κ2) is 6.05. The van der Waals surface area contributed by atoms with Crippen molar-refractivity contribution in [3.05, 3.63) is 28.2 Å². The summed E-state index contributed by atoms with van der Waals surface area (Å²) in [5, 5.41) is 0.673. The summed E-state index contributed by atoms with van der Waals surface area (Å²) in [6.07, 6.45) is 6.19. The van der Waals surface area contributed by atoms with E-state index in [0.717, 1.165) is 27.1 Å². The number of thioether (sulfide) groups is 1. The van der Waals surface area contributed by atoms with Crippen molar-refractivity contribution in [2.75, 3.05) is 0 Å². The van der Waals surface area contributed by atoms with E-state index in [1.165, 1.54) is 25.7 Å². The Labute approximate surface area is 115 Å². The van der Waals surface area contributed by atoms with Gasteiger partial charge in [-0.25, -0.2) is 0 Å². The Morgan fingerprint density at radius 3 is 2.94 bits per heavy atom. The Morgan fingerprint density at radius 1 is 1.41 bits per heavy atom. The second-order valence-corrected chi connectivity index (χ2v) is 7.07. The average Bonchev–Trinajstić information content (AvgIpc) is 2.29. The fourth-order valence-electron chi connectivity index (χ4n) is 2.37. The lowest BCUT2D eigenvalue weighted by atomic mass is 9.91. The van der Waals surface area contributed by atoms with Crippen LogP contribution in [0.15, 0.2) is 27.6 Å². The molecule has 1 aliphatic carbocycles. The Balaban J connectivity index is 2.11. The molecule has 1 aliphatic rings. The molecule has 1 fully saturated rings. The standard InChI is InChI=1S/C14H17BrOS/c1-10-3-2-4-13(7-10)17-14-8-12(15)6-5-11(14)9-16/h5-6,8-10,13H,2-4,7H2,1H3. The molecule has 1 nitrogen and oxygen atoms in total. The van der Waals surface area contributed by atoms with Gasteiger partial charge in [0.25, 0.3) is 0 Å². The lowest BCUT2D eigenvalue weighted by molar-refractivity contribution is 0.112. The molecule has 1 saturated carbocycles. The van der Waals surface area contributed by atoms with Crippen molar-refractivity contribution >= 4 is 34.0 Å². The molecule has 0 bridgehead atoms. The van der Waals surface area contributed by atoms with Gasteiger partial charge in [-0.2, -0.15) is 0 Å². The molecular weight excluding hydrogens is 296 g/mol. The maximum atomic E-state index is 11.0. The zero-order chi connectivity index (χ0) is 12.3. The molecule has 0 amide bonds. The molecule has 1 aromatic rings. The number of aldehydes is 1. The first-order chi connectivity index (χ1) is 8.19. The number of hydrogen-bond acceptors (Lipinski definition) is 2. The highest BCUT2D eigenvalue weighted by molar-refractivity contribution is 9.10. The Kier molecular flexibility index (Phi) is 4.69. The maximum absolute atomic E-state index is 11.0. The van der Waals surface area contributed by atoms with Crippen molar-refractivity contribution in [1.82, 2.24) is 0 Å². The van der Waals surface area contributed by atoms with Crippen molar-refractivity contribution in [3.63, 3.8) is 0 Å². The van der Waals surface area contributed by atoms with Gasteiger partial charge in [-0.15, -0.1) is 11.8 Å². The third kappa shape index (κ3) is 3.59. The summed E-state index contributed by atoms with van der Waals surface area (Å²) < 4.78 is 1.05. The molecule has 2 unspecified atom stereocenters. The highest BCUT2D eigenvalue weighted by Gasteiger charge is 2.20. The molecule has 92 valence electrons. The zero-order valence-corrected chi connectivity index (χ0v) is 12.4. The summed E-state index contributed by atoms with van der Waals surface area (Å²) in [4.78, 5) is 12.1. The van der Waals surface area contributed by atoms with Crippen molar-refractivity contribution < 1.29 is 4.79 Å². The molecular formula is C14H17BrOS. The summed E-state index contributed by atoms with van der Waals surface area (Å²) in [5.74, 6) is 0.827. The van der Waals surface area contributed by atoms with Crippen LogP contribution in [0.2, 0.25) is 0 Å². The molecule has 17 heavy (non-hydrogen) atoms. The molecule has 1 aromatic carbocycles. The van der Waals surface area contributed by atoms with E-state index in [0.29, 0.717) is 5.25 Å². The molecule has 2 rings (SSSR count). The van der Waals surface area contributed by atoms with Gasteiger partial charge in [0.1, 0.15) is 0 Å². The lowest BCUT2D eigenvalue weighted by Gasteiger charge is -2.26. The summed E-state index contributed by atoms with van der Waals surface area (Å²) in [6.45, 7) is 2.33. The summed E-state index contributed by atoms with van der Waals surface area (Å²) in [6, 6.07) is 5.89. The minimum atomic E-state index is 0.673. The highest BCUT2D eigenvalue weighted by atomic mass is 79.9. The van der Waals surface area contributed by atoms with Crippen molar-refractivity contribution in [1.29, 1.82) is 0 Å². The van der Waals surface area contributed by atoms with Crippen LogP contribution in [0.3, 0.4) is 0 Å². The summed E-state index contributed by atoms with van der Waals surface area (Å²) in [5.41, 5.74) is 0.816. The largest absolute Gasteiger partial charge is 0.298 e. The van der Waals surface area contributed by atoms with E-state index in [9.17, 15) is 4.79 Å². The van der Waals surface area contributed by atoms with Gasteiger partial charge in [-0.05, 0) is 37.0 Å². The van der Waals surface area contributed by atoms with Crippen LogP contribution >= 0.6 is 27.7 Å². The van der Waals surface area contributed by atoms with E-state index >= 15 is 0 Å². The Bertz CT molecular complexity index is 405. The van der Waals surface area contributed by atoms with Crippen LogP contribution in [0, 0.1) is 5.92 Å². The van der Waals surface area contributed by atoms with Crippen LogP contribution in [0.4, 0.5) is 0 Å². The van der Waals surface area contributed by atoms with Crippen LogP contribution in [-0.2, 0) is 0 Å². The normalized spacial score (nSPS) is 24.6. The number of hydrogen-bond donors (Lipinski definition) is 0. The first kappa shape index (κ1) is 13.2. The summed E-state index contributed by atoms with van der Waals surface area (Å²) in [7, 11) is 0. The van der Waals surface area contributed by atoms with E-state index in [2.05, 4.69) is 28.9 Å². The van der Waals surface area contributed by atoms with E-state index in [1.807, 2.05) is 23.9 Å². The van der Waals surface area contributed by atoms with Gasteiger partial charge in [-0.3, -0.25) is 4.79 Å². The van der Waals surface area contributed by atoms with Gasteiger partial charge in [0.05, 0.1) is 0 Å². The molecule has 0 spiro atoms. The smallest absolute Gasteiger partial charge is 0.151 e. The van der Waals surface area contributed by atoms with Crippen molar-refractivity contribution in [2.24, 2.45) is 5.92 Å². The van der Waals surface area contributed by atoms with Gasteiger partial charge in [0.15, 0.2) is 6.29 Å². The van der Waals surface area contributed by atoms with Crippen LogP contribution in [0.1, 0.15) is 43.0 Å². The van der Waals surface area contributed by atoms with Gasteiger partial charge in [0.2, 0.25) is 0 Å². The SMILES string of the molecule is CC1CCCC(Sc2cc(Br)ccc2C=O)C1. The lowest BCUT2D eigenvalue weighted by Crippen LogP contribution is -2.15. The summed E-state index contributed by atoms with van der Waals surface area (Å²) >= 11 is 5.35. The number of rotatable bonds is 3. The second-order valence-electron chi connectivity index (χ2n) is 4.81. The van der Waals surface area contributed by atoms with E-state index in [-0.39, 0.29) is 0 Å². The molecule has 0 aromatic heterocycles. The number of benzene rings is 1. The molecule has 0 radical (unpaired) electrons. The fraction of sp³-hybridized carbons (Fsp3) is 0.500. The van der Waals surface area contributed by atoms with E-state index in [1.54, 1.807) is 0 Å². The molecule has 0 saturated heterocycles. The first-order valence-electron chi connectivity index (χ1n) is 6.10. The predicted octanol–water partition coefficient (Wildman–Crippen LogP) is 4.93. The van der Waals surface area contributed by atoms with E-state index in [4.69, 9.17) is 0 Å². The van der Waals surface area contributed by atoms with Gasteiger partial charge < -0.3 is 0 Å². The maximum Gasteiger partial charge on any atom is 0.151 e. The minimum Gasteiger partial charge on any atom is -0.298 e. The van der Waals surface area contributed by atoms with Crippen LogP contribution in [0.5, 0.6) is 0 Å². The quantitative estimate of drug-likeness (QED) is 0.736. The first-order valence-corrected chi connectivity index (χ1v) is 7.77. The molecule has 0 N–H and O–H groups in total. The van der Waals surface area contributed by atoms with Crippen molar-refractivity contribution in [2.45, 2.75) is 42.8 Å². The number of halogens is 1. The fourth-order valence-corrected chi connectivity index (χ4v) is 4.40. The molecule has 3 heteroatoms. The third-order valence-electron chi connectivity index (χ3n) is 3.28. The third-order valence-corrected chi connectivity index (χ3v) is 5.15. The average molecular weight is 313 g/mol. The molecule has 0 heterocycles. The van der Waals surface area contributed by atoms with E-state index < -0.39 is 0 Å². The van der Waals surface area contributed by atoms with Gasteiger partial charge in [0, 0.05) is 20.2 Å². The van der Waals surface area contributed by atoms with Crippen molar-refractivity contribution in [3.8, 4) is 0 Å². The monoisotopic (exact) mass is 312 g/mol. The minimum absolute atomic E-state index is 0.673. The van der Waals surface area contributed by atoms with Crippen LogP contribution < -0.4 is 0 Å². The predicted molar refractivity (Wildman–Crippen MR) is 76.8 cm³/mol. The Morgan fingerprint density at radius 2 is 2.24 bits per heavy atom. The number of carbonyl (C=O) groups is 1.